The second kappa shape index (κ2) is 5.95. The van der Waals surface area contributed by atoms with Gasteiger partial charge in [-0.1, -0.05) is 23.2 Å². The number of rotatable bonds is 4. The highest BCUT2D eigenvalue weighted by Gasteiger charge is 2.36. The Morgan fingerprint density at radius 3 is 2.24 bits per heavy atom. The zero-order valence-electron chi connectivity index (χ0n) is 11.3. The molecule has 0 aromatic heterocycles. The molecule has 0 heterocycles. The number of phenols is 1. The van der Waals surface area contributed by atoms with Crippen LogP contribution in [0.3, 0.4) is 0 Å². The number of halogens is 2. The van der Waals surface area contributed by atoms with E-state index in [1.54, 1.807) is 13.8 Å². The zero-order chi connectivity index (χ0) is 15.7. The van der Waals surface area contributed by atoms with E-state index in [1.165, 1.54) is 0 Å². The number of phenolic OH excluding ortho intramolecular Hbond substituents is 1. The van der Waals surface area contributed by atoms with E-state index in [-0.39, 0.29) is 45.9 Å². The van der Waals surface area contributed by atoms with Crippen LogP contribution >= 0.6 is 23.2 Å². The van der Waals surface area contributed by atoms with Crippen molar-refractivity contribution in [2.75, 3.05) is 13.2 Å². The maximum absolute atomic E-state index is 12.4. The van der Waals surface area contributed by atoms with Crippen LogP contribution in [0.25, 0.3) is 0 Å². The maximum atomic E-state index is 12.4. The summed E-state index contributed by atoms with van der Waals surface area (Å²) < 4.78 is 10.5. The van der Waals surface area contributed by atoms with Crippen LogP contribution in [0.4, 0.5) is 0 Å². The highest BCUT2D eigenvalue weighted by atomic mass is 35.5. The first-order valence-electron chi connectivity index (χ1n) is 6.24. The Balaban J connectivity index is 2.77. The lowest BCUT2D eigenvalue weighted by Gasteiger charge is -2.21. The van der Waals surface area contributed by atoms with Gasteiger partial charge in [0, 0.05) is 6.08 Å². The lowest BCUT2D eigenvalue weighted by molar-refractivity contribution is 0.0886. The highest BCUT2D eigenvalue weighted by Crippen LogP contribution is 2.46. The summed E-state index contributed by atoms with van der Waals surface area (Å²) >= 11 is 11.9. The van der Waals surface area contributed by atoms with Crippen LogP contribution in [-0.2, 0) is 4.74 Å². The minimum absolute atomic E-state index is 0.0272. The number of fused-ring (bicyclic) bond motifs is 1. The molecule has 0 saturated carbocycles. The number of Topliss-reactive ketones (excluding diaryl/α,β-unsaturated/α-hetero) is 1. The summed E-state index contributed by atoms with van der Waals surface area (Å²) in [6, 6.07) is 0. The van der Waals surface area contributed by atoms with Crippen molar-refractivity contribution in [3.8, 4) is 11.5 Å². The van der Waals surface area contributed by atoms with Gasteiger partial charge in [-0.15, -0.1) is 0 Å². The number of allylic oxidation sites excluding steroid dienone is 2. The van der Waals surface area contributed by atoms with Crippen LogP contribution in [0.1, 0.15) is 34.6 Å². The fourth-order valence-corrected chi connectivity index (χ4v) is 2.45. The second-order valence-corrected chi connectivity index (χ2v) is 4.88. The molecule has 1 aromatic carbocycles. The average molecular weight is 331 g/mol. The van der Waals surface area contributed by atoms with Crippen LogP contribution in [0, 0.1) is 0 Å². The third-order valence-electron chi connectivity index (χ3n) is 2.86. The predicted molar refractivity (Wildman–Crippen MR) is 77.7 cm³/mol. The van der Waals surface area contributed by atoms with Crippen molar-refractivity contribution in [2.45, 2.75) is 13.8 Å². The van der Waals surface area contributed by atoms with E-state index < -0.39 is 17.3 Å². The number of ether oxygens (including phenoxy) is 2. The number of benzene rings is 1. The van der Waals surface area contributed by atoms with Crippen molar-refractivity contribution in [1.82, 2.24) is 0 Å². The number of aromatic hydroxyl groups is 1. The fraction of sp³-hybridized carbons (Fsp3) is 0.286. The first kappa shape index (κ1) is 15.7. The van der Waals surface area contributed by atoms with Crippen molar-refractivity contribution in [3.05, 3.63) is 33.0 Å². The molecule has 1 aliphatic rings. The van der Waals surface area contributed by atoms with Crippen LogP contribution in [0.2, 0.25) is 10.0 Å². The van der Waals surface area contributed by atoms with Gasteiger partial charge < -0.3 is 14.6 Å². The highest BCUT2D eigenvalue weighted by molar-refractivity contribution is 6.45. The van der Waals surface area contributed by atoms with Gasteiger partial charge in [0.15, 0.2) is 17.3 Å². The molecule has 1 N–H and O–H groups in total. The van der Waals surface area contributed by atoms with Gasteiger partial charge in [-0.25, -0.2) is 0 Å². The summed E-state index contributed by atoms with van der Waals surface area (Å²) in [5.74, 6) is -1.85. The van der Waals surface area contributed by atoms with Crippen LogP contribution in [-0.4, -0.2) is 29.9 Å². The summed E-state index contributed by atoms with van der Waals surface area (Å²) in [5.41, 5.74) is -0.346. The molecule has 112 valence electrons. The number of hydrogen-bond donors (Lipinski definition) is 1. The van der Waals surface area contributed by atoms with Gasteiger partial charge in [0.1, 0.15) is 15.8 Å². The van der Waals surface area contributed by atoms with E-state index in [4.69, 9.17) is 32.7 Å². The number of ketones is 2. The van der Waals surface area contributed by atoms with Crippen molar-refractivity contribution in [2.24, 2.45) is 0 Å². The first-order valence-corrected chi connectivity index (χ1v) is 6.99. The second-order valence-electron chi connectivity index (χ2n) is 4.12. The molecule has 0 atom stereocenters. The Morgan fingerprint density at radius 2 is 1.67 bits per heavy atom. The number of hydrogen-bond acceptors (Lipinski definition) is 5. The number of carbonyl (C=O) groups is 2. The molecule has 0 unspecified atom stereocenters. The molecule has 0 fully saturated rings. The SMILES string of the molecule is CCOC1=CC(=O)c2c(O)c(Cl)c(Cl)c(OCC)c2C1=O. The largest absolute Gasteiger partial charge is 0.506 e. The van der Waals surface area contributed by atoms with Crippen molar-refractivity contribution in [1.29, 1.82) is 0 Å². The van der Waals surface area contributed by atoms with E-state index in [9.17, 15) is 14.7 Å². The standard InChI is InChI=1S/C14H12Cl2O5/c1-3-20-7-5-6(17)8-9(12(7)18)14(21-4-2)11(16)10(15)13(8)19/h5,19H,3-4H2,1-2H3. The molecular formula is C14H12Cl2O5. The molecule has 21 heavy (non-hydrogen) atoms. The lowest BCUT2D eigenvalue weighted by atomic mass is 9.91. The van der Waals surface area contributed by atoms with Crippen molar-refractivity contribution >= 4 is 34.8 Å². The van der Waals surface area contributed by atoms with Gasteiger partial charge in [0.05, 0.1) is 24.3 Å². The summed E-state index contributed by atoms with van der Waals surface area (Å²) in [7, 11) is 0. The Morgan fingerprint density at radius 1 is 1.05 bits per heavy atom. The zero-order valence-corrected chi connectivity index (χ0v) is 12.8. The Kier molecular flexibility index (Phi) is 4.44. The van der Waals surface area contributed by atoms with Gasteiger partial charge in [0.25, 0.3) is 0 Å². The molecule has 1 aliphatic carbocycles. The molecule has 0 spiro atoms. The quantitative estimate of drug-likeness (QED) is 0.915. The summed E-state index contributed by atoms with van der Waals surface area (Å²) in [6.45, 7) is 3.81. The summed E-state index contributed by atoms with van der Waals surface area (Å²) in [6.07, 6.45) is 1.02. The van der Waals surface area contributed by atoms with Crippen molar-refractivity contribution in [3.63, 3.8) is 0 Å². The molecule has 7 heteroatoms. The monoisotopic (exact) mass is 330 g/mol. The molecule has 1 aromatic rings. The van der Waals surface area contributed by atoms with Gasteiger partial charge in [-0.2, -0.15) is 0 Å². The lowest BCUT2D eigenvalue weighted by Crippen LogP contribution is -2.20. The molecule has 0 bridgehead atoms. The minimum Gasteiger partial charge on any atom is -0.506 e. The molecule has 0 aliphatic heterocycles. The van der Waals surface area contributed by atoms with Gasteiger partial charge in [-0.05, 0) is 13.8 Å². The van der Waals surface area contributed by atoms with Crippen LogP contribution in [0.5, 0.6) is 11.5 Å². The Labute approximate surface area is 131 Å². The van der Waals surface area contributed by atoms with Gasteiger partial charge in [-0.3, -0.25) is 9.59 Å². The van der Waals surface area contributed by atoms with E-state index in [1.807, 2.05) is 0 Å². The van der Waals surface area contributed by atoms with Crippen LogP contribution in [0.15, 0.2) is 11.8 Å². The molecule has 0 radical (unpaired) electrons. The molecule has 2 rings (SSSR count). The van der Waals surface area contributed by atoms with Crippen molar-refractivity contribution < 1.29 is 24.2 Å². The van der Waals surface area contributed by atoms with E-state index >= 15 is 0 Å². The maximum Gasteiger partial charge on any atom is 0.232 e. The summed E-state index contributed by atoms with van der Waals surface area (Å²) in [4.78, 5) is 24.6. The van der Waals surface area contributed by atoms with E-state index in [2.05, 4.69) is 0 Å². The first-order chi connectivity index (χ1) is 9.93. The van der Waals surface area contributed by atoms with Gasteiger partial charge in [0.2, 0.25) is 5.78 Å². The van der Waals surface area contributed by atoms with E-state index in [0.717, 1.165) is 6.08 Å². The van der Waals surface area contributed by atoms with Crippen LogP contribution < -0.4 is 4.74 Å². The molecular weight excluding hydrogens is 319 g/mol. The Hall–Kier alpha value is -1.72. The third kappa shape index (κ3) is 2.47. The fourth-order valence-electron chi connectivity index (χ4n) is 2.03. The van der Waals surface area contributed by atoms with Gasteiger partial charge >= 0.3 is 0 Å². The Bertz CT molecular complexity index is 664. The average Bonchev–Trinajstić information content (AvgIpc) is 2.45. The topological polar surface area (TPSA) is 72.8 Å². The molecule has 0 saturated heterocycles. The predicted octanol–water partition coefficient (Wildman–Crippen LogP) is 3.40. The normalized spacial score (nSPS) is 13.8. The van der Waals surface area contributed by atoms with E-state index in [0.29, 0.717) is 0 Å². The minimum atomic E-state index is -0.593. The third-order valence-corrected chi connectivity index (χ3v) is 3.69. The molecule has 0 amide bonds. The number of carbonyl (C=O) groups excluding carboxylic acids is 2. The summed E-state index contributed by atoms with van der Waals surface area (Å²) in [5, 5.41) is 9.66. The molecule has 5 nitrogen and oxygen atoms in total. The smallest absolute Gasteiger partial charge is 0.232 e.